The van der Waals surface area contributed by atoms with Gasteiger partial charge in [0.2, 0.25) is 5.91 Å². The van der Waals surface area contributed by atoms with Crippen LogP contribution in [0.15, 0.2) is 33.9 Å². The molecule has 1 aromatic carbocycles. The van der Waals surface area contributed by atoms with Gasteiger partial charge in [0, 0.05) is 32.6 Å². The topological polar surface area (TPSA) is 78.4 Å². The zero-order chi connectivity index (χ0) is 17.1. The molecule has 1 aromatic heterocycles. The van der Waals surface area contributed by atoms with Gasteiger partial charge in [-0.2, -0.15) is 0 Å². The highest BCUT2D eigenvalue weighted by Crippen LogP contribution is 2.05. The Bertz CT molecular complexity index is 847. The number of hydrogen-bond acceptors (Lipinski definition) is 4. The Balaban J connectivity index is 1.70. The van der Waals surface area contributed by atoms with Gasteiger partial charge < -0.3 is 9.80 Å². The summed E-state index contributed by atoms with van der Waals surface area (Å²) in [6.45, 7) is 6.50. The average molecular weight is 330 g/mol. The van der Waals surface area contributed by atoms with Crippen LogP contribution < -0.4 is 11.1 Å². The van der Waals surface area contributed by atoms with Crippen LogP contribution in [0.1, 0.15) is 13.3 Å². The minimum Gasteiger partial charge on any atom is -0.340 e. The Kier molecular flexibility index (Phi) is 4.80. The molecule has 3 rings (SSSR count). The van der Waals surface area contributed by atoms with Crippen molar-refractivity contribution in [2.45, 2.75) is 19.9 Å². The van der Waals surface area contributed by atoms with Gasteiger partial charge in [0.1, 0.15) is 0 Å². The first-order valence-electron chi connectivity index (χ1n) is 8.32. The first-order valence-corrected chi connectivity index (χ1v) is 8.32. The number of fused-ring (bicyclic) bond motifs is 1. The van der Waals surface area contributed by atoms with Crippen LogP contribution in [-0.4, -0.2) is 58.2 Å². The number of likely N-dealkylation sites (N-methyl/N-ethyl adjacent to an activating group) is 1. The molecule has 0 bridgehead atoms. The van der Waals surface area contributed by atoms with E-state index in [4.69, 9.17) is 0 Å². The van der Waals surface area contributed by atoms with Crippen LogP contribution in [0.2, 0.25) is 0 Å². The summed E-state index contributed by atoms with van der Waals surface area (Å²) in [7, 11) is 0. The molecule has 0 atom stereocenters. The van der Waals surface area contributed by atoms with Crippen molar-refractivity contribution in [3.63, 3.8) is 0 Å². The van der Waals surface area contributed by atoms with Crippen LogP contribution in [0, 0.1) is 0 Å². The average Bonchev–Trinajstić information content (AvgIpc) is 2.63. The van der Waals surface area contributed by atoms with Crippen LogP contribution >= 0.6 is 0 Å². The Morgan fingerprint density at radius 1 is 1.08 bits per heavy atom. The Labute approximate surface area is 139 Å². The van der Waals surface area contributed by atoms with Crippen LogP contribution in [0.3, 0.4) is 0 Å². The molecule has 1 fully saturated rings. The standard InChI is InChI=1S/C17H22N4O3/c1-2-19-9-11-20(12-10-19)15(22)7-8-21-17(24)14-6-4-3-5-13(14)16(23)18-21/h3-6H,2,7-12H2,1H3,(H,18,23). The van der Waals surface area contributed by atoms with Crippen molar-refractivity contribution < 1.29 is 4.79 Å². The minimum absolute atomic E-state index is 0.0201. The second-order valence-corrected chi connectivity index (χ2v) is 6.01. The number of nitrogens with zero attached hydrogens (tertiary/aromatic N) is 3. The molecule has 2 heterocycles. The highest BCUT2D eigenvalue weighted by atomic mass is 16.2. The third-order valence-corrected chi connectivity index (χ3v) is 4.61. The maximum absolute atomic E-state index is 12.4. The van der Waals surface area contributed by atoms with E-state index in [1.54, 1.807) is 24.3 Å². The van der Waals surface area contributed by atoms with Crippen molar-refractivity contribution in [3.05, 3.63) is 45.0 Å². The number of nitrogens with one attached hydrogen (secondary N) is 1. The van der Waals surface area contributed by atoms with Crippen molar-refractivity contribution in [2.24, 2.45) is 0 Å². The fourth-order valence-electron chi connectivity index (χ4n) is 3.08. The molecule has 0 spiro atoms. The van der Waals surface area contributed by atoms with Gasteiger partial charge in [-0.3, -0.25) is 19.5 Å². The van der Waals surface area contributed by atoms with E-state index in [0.717, 1.165) is 32.7 Å². The second kappa shape index (κ2) is 7.00. The number of aromatic amines is 1. The van der Waals surface area contributed by atoms with Crippen LogP contribution in [0.5, 0.6) is 0 Å². The van der Waals surface area contributed by atoms with Crippen molar-refractivity contribution in [3.8, 4) is 0 Å². The molecule has 7 nitrogen and oxygen atoms in total. The van der Waals surface area contributed by atoms with Crippen LogP contribution in [0.25, 0.3) is 10.8 Å². The zero-order valence-corrected chi connectivity index (χ0v) is 13.8. The molecule has 0 saturated carbocycles. The third-order valence-electron chi connectivity index (χ3n) is 4.61. The number of aromatic nitrogens is 2. The number of hydrogen-bond donors (Lipinski definition) is 1. The van der Waals surface area contributed by atoms with Crippen molar-refractivity contribution in [1.82, 2.24) is 19.6 Å². The molecule has 0 unspecified atom stereocenters. The van der Waals surface area contributed by atoms with E-state index < -0.39 is 0 Å². The molecular weight excluding hydrogens is 308 g/mol. The van der Waals surface area contributed by atoms with Crippen molar-refractivity contribution >= 4 is 16.7 Å². The Morgan fingerprint density at radius 2 is 1.75 bits per heavy atom. The number of carbonyl (C=O) groups excluding carboxylic acids is 1. The normalized spacial score (nSPS) is 15.8. The summed E-state index contributed by atoms with van der Waals surface area (Å²) in [5.41, 5.74) is -0.581. The molecular formula is C17H22N4O3. The highest BCUT2D eigenvalue weighted by molar-refractivity contribution is 5.80. The molecule has 2 aromatic rings. The van der Waals surface area contributed by atoms with Crippen LogP contribution in [0.4, 0.5) is 0 Å². The van der Waals surface area contributed by atoms with Gasteiger partial charge in [0.15, 0.2) is 0 Å². The summed E-state index contributed by atoms with van der Waals surface area (Å²) >= 11 is 0. The lowest BCUT2D eigenvalue weighted by Crippen LogP contribution is -2.48. The number of carbonyl (C=O) groups is 1. The quantitative estimate of drug-likeness (QED) is 0.871. The second-order valence-electron chi connectivity index (χ2n) is 6.01. The number of H-pyrrole nitrogens is 1. The SMILES string of the molecule is CCN1CCN(C(=O)CCn2[nH]c(=O)c3ccccc3c2=O)CC1. The summed E-state index contributed by atoms with van der Waals surface area (Å²) in [6.07, 6.45) is 0.209. The smallest absolute Gasteiger partial charge is 0.273 e. The first kappa shape index (κ1) is 16.4. The minimum atomic E-state index is -0.311. The molecule has 1 aliphatic rings. The van der Waals surface area contributed by atoms with Crippen molar-refractivity contribution in [1.29, 1.82) is 0 Å². The van der Waals surface area contributed by atoms with E-state index in [1.165, 1.54) is 4.68 Å². The summed E-state index contributed by atoms with van der Waals surface area (Å²) in [5.74, 6) is 0.0201. The Morgan fingerprint density at radius 3 is 2.42 bits per heavy atom. The summed E-state index contributed by atoms with van der Waals surface area (Å²) in [6, 6.07) is 6.71. The number of amides is 1. The fraction of sp³-hybridized carbons (Fsp3) is 0.471. The Hall–Kier alpha value is -2.41. The lowest BCUT2D eigenvalue weighted by atomic mass is 10.2. The molecule has 1 amide bonds. The first-order chi connectivity index (χ1) is 11.6. The zero-order valence-electron chi connectivity index (χ0n) is 13.8. The maximum Gasteiger partial charge on any atom is 0.273 e. The summed E-state index contributed by atoms with van der Waals surface area (Å²) < 4.78 is 1.24. The number of rotatable bonds is 4. The summed E-state index contributed by atoms with van der Waals surface area (Å²) in [4.78, 5) is 40.9. The van der Waals surface area contributed by atoms with Gasteiger partial charge in [-0.15, -0.1) is 0 Å². The van der Waals surface area contributed by atoms with Gasteiger partial charge in [0.05, 0.1) is 17.3 Å². The monoisotopic (exact) mass is 330 g/mol. The number of benzene rings is 1. The lowest BCUT2D eigenvalue weighted by Gasteiger charge is -2.34. The molecule has 128 valence electrons. The van der Waals surface area contributed by atoms with E-state index in [1.807, 2.05) is 4.90 Å². The van der Waals surface area contributed by atoms with E-state index in [9.17, 15) is 14.4 Å². The molecule has 1 N–H and O–H groups in total. The number of aryl methyl sites for hydroxylation is 1. The predicted octanol–water partition coefficient (Wildman–Crippen LogP) is 0.244. The summed E-state index contributed by atoms with van der Waals surface area (Å²) in [5, 5.41) is 3.32. The third kappa shape index (κ3) is 3.26. The predicted molar refractivity (Wildman–Crippen MR) is 92.1 cm³/mol. The van der Waals surface area contributed by atoms with Crippen molar-refractivity contribution in [2.75, 3.05) is 32.7 Å². The molecule has 1 saturated heterocycles. The molecule has 0 radical (unpaired) electrons. The highest BCUT2D eigenvalue weighted by Gasteiger charge is 2.20. The maximum atomic E-state index is 12.4. The van der Waals surface area contributed by atoms with Gasteiger partial charge in [-0.05, 0) is 18.7 Å². The van der Waals surface area contributed by atoms with Gasteiger partial charge in [0.25, 0.3) is 11.1 Å². The van der Waals surface area contributed by atoms with Gasteiger partial charge in [-0.25, -0.2) is 4.68 Å². The largest absolute Gasteiger partial charge is 0.340 e. The van der Waals surface area contributed by atoms with Crippen LogP contribution in [-0.2, 0) is 11.3 Å². The van der Waals surface area contributed by atoms with E-state index in [-0.39, 0.29) is 30.0 Å². The van der Waals surface area contributed by atoms with E-state index in [2.05, 4.69) is 16.9 Å². The molecule has 1 aliphatic heterocycles. The van der Waals surface area contributed by atoms with Gasteiger partial charge in [-0.1, -0.05) is 19.1 Å². The number of piperazine rings is 1. The molecule has 7 heteroatoms. The molecule has 24 heavy (non-hydrogen) atoms. The van der Waals surface area contributed by atoms with E-state index in [0.29, 0.717) is 10.8 Å². The van der Waals surface area contributed by atoms with E-state index >= 15 is 0 Å². The lowest BCUT2D eigenvalue weighted by molar-refractivity contribution is -0.133. The van der Waals surface area contributed by atoms with Gasteiger partial charge >= 0.3 is 0 Å². The fourth-order valence-corrected chi connectivity index (χ4v) is 3.08. The molecule has 0 aliphatic carbocycles.